The summed E-state index contributed by atoms with van der Waals surface area (Å²) in [7, 11) is 1.50. The molecule has 0 aromatic rings. The van der Waals surface area contributed by atoms with Crippen molar-refractivity contribution in [3.05, 3.63) is 0 Å². The molecule has 0 bridgehead atoms. The van der Waals surface area contributed by atoms with Gasteiger partial charge in [-0.05, 0) is 12.8 Å². The highest BCUT2D eigenvalue weighted by atomic mass is 16.5. The molecule has 6 heteroatoms. The molecule has 6 nitrogen and oxygen atoms in total. The number of carbonyl (C=O) groups is 2. The van der Waals surface area contributed by atoms with Crippen LogP contribution in [-0.4, -0.2) is 55.6 Å². The number of terminal acetylenes is 1. The van der Waals surface area contributed by atoms with Gasteiger partial charge in [-0.15, -0.1) is 12.3 Å². The third-order valence-corrected chi connectivity index (χ3v) is 3.14. The fraction of sp³-hybridized carbons (Fsp3) is 0.692. The van der Waals surface area contributed by atoms with E-state index in [0.29, 0.717) is 13.1 Å². The SMILES string of the molecule is C#CCC(N)C(=O)NC1CCN(C(=O)COC)CC1. The minimum absolute atomic E-state index is 0.0173. The molecule has 19 heavy (non-hydrogen) atoms. The monoisotopic (exact) mass is 267 g/mol. The summed E-state index contributed by atoms with van der Waals surface area (Å²) in [5.41, 5.74) is 5.62. The summed E-state index contributed by atoms with van der Waals surface area (Å²) >= 11 is 0. The Morgan fingerprint density at radius 2 is 2.16 bits per heavy atom. The lowest BCUT2D eigenvalue weighted by atomic mass is 10.0. The number of carbonyl (C=O) groups excluding carboxylic acids is 2. The van der Waals surface area contributed by atoms with Crippen molar-refractivity contribution in [2.45, 2.75) is 31.3 Å². The molecule has 1 aliphatic rings. The lowest BCUT2D eigenvalue weighted by Gasteiger charge is -2.32. The summed E-state index contributed by atoms with van der Waals surface area (Å²) in [5.74, 6) is 2.13. The second-order valence-electron chi connectivity index (χ2n) is 4.61. The van der Waals surface area contributed by atoms with E-state index < -0.39 is 6.04 Å². The highest BCUT2D eigenvalue weighted by Gasteiger charge is 2.24. The fourth-order valence-electron chi connectivity index (χ4n) is 2.02. The summed E-state index contributed by atoms with van der Waals surface area (Å²) in [6.07, 6.45) is 6.80. The summed E-state index contributed by atoms with van der Waals surface area (Å²) in [4.78, 5) is 25.0. The number of hydrogen-bond donors (Lipinski definition) is 2. The number of hydrogen-bond acceptors (Lipinski definition) is 4. The summed E-state index contributed by atoms with van der Waals surface area (Å²) < 4.78 is 4.81. The van der Waals surface area contributed by atoms with Crippen LogP contribution < -0.4 is 11.1 Å². The molecule has 1 unspecified atom stereocenters. The lowest BCUT2D eigenvalue weighted by Crippen LogP contribution is -2.50. The Morgan fingerprint density at radius 1 is 1.53 bits per heavy atom. The average Bonchev–Trinajstić information content (AvgIpc) is 2.40. The Balaban J connectivity index is 2.32. The molecule has 1 heterocycles. The molecule has 3 N–H and O–H groups in total. The van der Waals surface area contributed by atoms with E-state index in [1.54, 1.807) is 4.90 Å². The minimum Gasteiger partial charge on any atom is -0.375 e. The van der Waals surface area contributed by atoms with E-state index in [-0.39, 0.29) is 30.9 Å². The number of amides is 2. The van der Waals surface area contributed by atoms with Gasteiger partial charge in [-0.2, -0.15) is 0 Å². The molecule has 1 atom stereocenters. The van der Waals surface area contributed by atoms with Gasteiger partial charge in [0, 0.05) is 32.7 Å². The molecule has 1 aliphatic heterocycles. The molecule has 0 aromatic heterocycles. The van der Waals surface area contributed by atoms with Crippen LogP contribution in [0.2, 0.25) is 0 Å². The van der Waals surface area contributed by atoms with Crippen molar-refractivity contribution in [3.8, 4) is 12.3 Å². The van der Waals surface area contributed by atoms with Crippen molar-refractivity contribution in [1.29, 1.82) is 0 Å². The van der Waals surface area contributed by atoms with Gasteiger partial charge < -0.3 is 20.7 Å². The Morgan fingerprint density at radius 3 is 2.68 bits per heavy atom. The largest absolute Gasteiger partial charge is 0.375 e. The molecule has 0 radical (unpaired) electrons. The molecular weight excluding hydrogens is 246 g/mol. The predicted molar refractivity (Wildman–Crippen MR) is 71.0 cm³/mol. The van der Waals surface area contributed by atoms with Crippen LogP contribution >= 0.6 is 0 Å². The number of rotatable bonds is 5. The van der Waals surface area contributed by atoms with Gasteiger partial charge in [0.1, 0.15) is 6.61 Å². The van der Waals surface area contributed by atoms with Crippen molar-refractivity contribution < 1.29 is 14.3 Å². The molecule has 106 valence electrons. The van der Waals surface area contributed by atoms with Crippen molar-refractivity contribution in [2.75, 3.05) is 26.8 Å². The Kier molecular flexibility index (Phi) is 6.33. The number of nitrogens with zero attached hydrogens (tertiary/aromatic N) is 1. The van der Waals surface area contributed by atoms with Crippen LogP contribution in [0.5, 0.6) is 0 Å². The Labute approximate surface area is 113 Å². The van der Waals surface area contributed by atoms with Gasteiger partial charge in [-0.1, -0.05) is 0 Å². The van der Waals surface area contributed by atoms with Gasteiger partial charge in [0.15, 0.2) is 0 Å². The molecule has 0 saturated carbocycles. The quantitative estimate of drug-likeness (QED) is 0.632. The van der Waals surface area contributed by atoms with Crippen LogP contribution in [0.4, 0.5) is 0 Å². The second kappa shape index (κ2) is 7.77. The first-order valence-electron chi connectivity index (χ1n) is 6.34. The number of methoxy groups -OCH3 is 1. The maximum Gasteiger partial charge on any atom is 0.248 e. The van der Waals surface area contributed by atoms with Crippen LogP contribution in [0.15, 0.2) is 0 Å². The van der Waals surface area contributed by atoms with E-state index in [4.69, 9.17) is 16.9 Å². The van der Waals surface area contributed by atoms with Gasteiger partial charge in [0.2, 0.25) is 11.8 Å². The van der Waals surface area contributed by atoms with E-state index in [1.165, 1.54) is 7.11 Å². The highest BCUT2D eigenvalue weighted by molar-refractivity contribution is 5.82. The Bertz CT molecular complexity index is 357. The number of ether oxygens (including phenoxy) is 1. The maximum absolute atomic E-state index is 11.7. The van der Waals surface area contributed by atoms with Crippen LogP contribution in [0.3, 0.4) is 0 Å². The number of likely N-dealkylation sites (tertiary alicyclic amines) is 1. The summed E-state index contributed by atoms with van der Waals surface area (Å²) in [6, 6.07) is -0.596. The molecule has 0 spiro atoms. The highest BCUT2D eigenvalue weighted by Crippen LogP contribution is 2.10. The van der Waals surface area contributed by atoms with E-state index in [2.05, 4.69) is 11.2 Å². The fourth-order valence-corrected chi connectivity index (χ4v) is 2.02. The van der Waals surface area contributed by atoms with Gasteiger partial charge in [0.25, 0.3) is 0 Å². The first kappa shape index (κ1) is 15.5. The van der Waals surface area contributed by atoms with E-state index in [0.717, 1.165) is 12.8 Å². The normalized spacial score (nSPS) is 17.6. The standard InChI is InChI=1S/C13H21N3O3/c1-3-4-11(14)13(18)15-10-5-7-16(8-6-10)12(17)9-19-2/h1,10-11H,4-9,14H2,2H3,(H,15,18). The first-order chi connectivity index (χ1) is 9.08. The van der Waals surface area contributed by atoms with E-state index in [9.17, 15) is 9.59 Å². The zero-order valence-electron chi connectivity index (χ0n) is 11.2. The van der Waals surface area contributed by atoms with Crippen LogP contribution in [0.1, 0.15) is 19.3 Å². The van der Waals surface area contributed by atoms with Gasteiger partial charge in [-0.3, -0.25) is 9.59 Å². The van der Waals surface area contributed by atoms with Crippen LogP contribution in [0, 0.1) is 12.3 Å². The van der Waals surface area contributed by atoms with E-state index >= 15 is 0 Å². The lowest BCUT2D eigenvalue weighted by molar-refractivity contribution is -0.136. The van der Waals surface area contributed by atoms with Crippen molar-refractivity contribution in [3.63, 3.8) is 0 Å². The van der Waals surface area contributed by atoms with Gasteiger partial charge >= 0.3 is 0 Å². The maximum atomic E-state index is 11.7. The molecule has 1 fully saturated rings. The first-order valence-corrected chi connectivity index (χ1v) is 6.34. The van der Waals surface area contributed by atoms with Crippen molar-refractivity contribution in [2.24, 2.45) is 5.73 Å². The predicted octanol–water partition coefficient (Wildman–Crippen LogP) is -0.909. The van der Waals surface area contributed by atoms with Crippen molar-refractivity contribution >= 4 is 11.8 Å². The molecule has 0 aliphatic carbocycles. The molecule has 2 amide bonds. The summed E-state index contributed by atoms with van der Waals surface area (Å²) in [5, 5.41) is 2.87. The summed E-state index contributed by atoms with van der Waals surface area (Å²) in [6.45, 7) is 1.35. The smallest absolute Gasteiger partial charge is 0.248 e. The van der Waals surface area contributed by atoms with Crippen molar-refractivity contribution in [1.82, 2.24) is 10.2 Å². The number of nitrogens with two attached hydrogens (primary N) is 1. The molecular formula is C13H21N3O3. The zero-order chi connectivity index (χ0) is 14.3. The van der Waals surface area contributed by atoms with Crippen LogP contribution in [-0.2, 0) is 14.3 Å². The second-order valence-corrected chi connectivity index (χ2v) is 4.61. The average molecular weight is 267 g/mol. The van der Waals surface area contributed by atoms with Crippen LogP contribution in [0.25, 0.3) is 0 Å². The topological polar surface area (TPSA) is 84.7 Å². The van der Waals surface area contributed by atoms with E-state index in [1.807, 2.05) is 0 Å². The van der Waals surface area contributed by atoms with Gasteiger partial charge in [-0.25, -0.2) is 0 Å². The third-order valence-electron chi connectivity index (χ3n) is 3.14. The minimum atomic E-state index is -0.654. The molecule has 1 rings (SSSR count). The molecule has 0 aromatic carbocycles. The number of piperidine rings is 1. The third kappa shape index (κ3) is 4.89. The molecule has 1 saturated heterocycles. The van der Waals surface area contributed by atoms with Gasteiger partial charge in [0.05, 0.1) is 6.04 Å². The Hall–Kier alpha value is -1.58. The zero-order valence-corrected chi connectivity index (χ0v) is 11.2. The number of nitrogens with one attached hydrogen (secondary N) is 1.